The summed E-state index contributed by atoms with van der Waals surface area (Å²) in [6.45, 7) is 0.672. The highest BCUT2D eigenvalue weighted by atomic mass is 16.5. The highest BCUT2D eigenvalue weighted by Gasteiger charge is 2.39. The van der Waals surface area contributed by atoms with Gasteiger partial charge in [-0.15, -0.1) is 0 Å². The van der Waals surface area contributed by atoms with Crippen molar-refractivity contribution in [3.05, 3.63) is 89.5 Å². The number of aryl methyl sites for hydroxylation is 1. The topological polar surface area (TPSA) is 49.0 Å². The number of benzene rings is 3. The maximum absolute atomic E-state index is 6.33. The van der Waals surface area contributed by atoms with E-state index >= 15 is 0 Å². The number of methoxy groups -OCH3 is 3. The van der Waals surface area contributed by atoms with E-state index in [1.165, 1.54) is 11.1 Å². The first-order valence-corrected chi connectivity index (χ1v) is 12.3. The minimum Gasteiger partial charge on any atom is -0.493 e. The highest BCUT2D eigenvalue weighted by molar-refractivity contribution is 5.68. The molecule has 5 nitrogen and oxygen atoms in total. The van der Waals surface area contributed by atoms with E-state index in [-0.39, 0.29) is 6.04 Å². The molecule has 0 fully saturated rings. The average Bonchev–Trinajstić information content (AvgIpc) is 3.41. The molecule has 0 radical (unpaired) electrons. The van der Waals surface area contributed by atoms with Gasteiger partial charge < -0.3 is 24.3 Å². The Labute approximate surface area is 207 Å². The Morgan fingerprint density at radius 2 is 1.63 bits per heavy atom. The number of ether oxygens (including phenoxy) is 4. The van der Waals surface area contributed by atoms with Gasteiger partial charge >= 0.3 is 0 Å². The summed E-state index contributed by atoms with van der Waals surface area (Å²) >= 11 is 0. The molecule has 1 aliphatic carbocycles. The molecule has 3 aromatic carbocycles. The Balaban J connectivity index is 1.41. The third-order valence-corrected chi connectivity index (χ3v) is 7.11. The summed E-state index contributed by atoms with van der Waals surface area (Å²) in [4.78, 5) is 0. The van der Waals surface area contributed by atoms with Crippen LogP contribution in [0.25, 0.3) is 0 Å². The van der Waals surface area contributed by atoms with Crippen LogP contribution in [0, 0.1) is 5.92 Å². The molecule has 0 amide bonds. The molecule has 0 aromatic heterocycles. The highest BCUT2D eigenvalue weighted by Crippen LogP contribution is 2.53. The molecule has 35 heavy (non-hydrogen) atoms. The van der Waals surface area contributed by atoms with Crippen molar-refractivity contribution < 1.29 is 18.9 Å². The Kier molecular flexibility index (Phi) is 6.84. The molecule has 2 aliphatic rings. The number of anilines is 1. The van der Waals surface area contributed by atoms with Crippen molar-refractivity contribution >= 4 is 5.69 Å². The van der Waals surface area contributed by atoms with Crippen LogP contribution in [0.2, 0.25) is 0 Å². The van der Waals surface area contributed by atoms with Crippen LogP contribution in [0.4, 0.5) is 5.69 Å². The molecular formula is C30H33NO4. The van der Waals surface area contributed by atoms with Crippen molar-refractivity contribution in [1.29, 1.82) is 0 Å². The molecule has 0 bridgehead atoms. The Hall–Kier alpha value is -3.60. The predicted octanol–water partition coefficient (Wildman–Crippen LogP) is 6.55. The molecule has 182 valence electrons. The van der Waals surface area contributed by atoms with Gasteiger partial charge in [0.1, 0.15) is 5.75 Å². The second-order valence-corrected chi connectivity index (χ2v) is 9.09. The van der Waals surface area contributed by atoms with Gasteiger partial charge in [-0.05, 0) is 60.1 Å². The second-order valence-electron chi connectivity index (χ2n) is 9.09. The zero-order valence-corrected chi connectivity index (χ0v) is 20.6. The molecule has 3 atom stereocenters. The number of para-hydroxylation sites is 1. The number of hydrogen-bond acceptors (Lipinski definition) is 5. The number of nitrogens with one attached hydrogen (secondary N) is 1. The minimum atomic E-state index is 0.0882. The molecule has 1 aliphatic heterocycles. The normalized spacial score (nSPS) is 19.9. The summed E-state index contributed by atoms with van der Waals surface area (Å²) in [5.74, 6) is 3.59. The summed E-state index contributed by atoms with van der Waals surface area (Å²) in [5.41, 5.74) is 4.83. The number of rotatable bonds is 9. The van der Waals surface area contributed by atoms with E-state index < -0.39 is 0 Å². The van der Waals surface area contributed by atoms with E-state index in [1.54, 1.807) is 21.3 Å². The molecule has 1 N–H and O–H groups in total. The van der Waals surface area contributed by atoms with Crippen molar-refractivity contribution in [2.24, 2.45) is 5.92 Å². The summed E-state index contributed by atoms with van der Waals surface area (Å²) in [6, 6.07) is 21.2. The fourth-order valence-electron chi connectivity index (χ4n) is 5.43. The smallest absolute Gasteiger partial charge is 0.203 e. The molecule has 5 heteroatoms. The fourth-order valence-corrected chi connectivity index (χ4v) is 5.43. The van der Waals surface area contributed by atoms with Gasteiger partial charge in [-0.25, -0.2) is 0 Å². The fraction of sp³-hybridized carbons (Fsp3) is 0.333. The Bertz CT molecular complexity index is 1170. The van der Waals surface area contributed by atoms with Crippen LogP contribution in [-0.4, -0.2) is 27.9 Å². The summed E-state index contributed by atoms with van der Waals surface area (Å²) in [7, 11) is 4.95. The van der Waals surface area contributed by atoms with Crippen LogP contribution in [0.5, 0.6) is 23.0 Å². The largest absolute Gasteiger partial charge is 0.493 e. The molecule has 3 aromatic rings. The van der Waals surface area contributed by atoms with Gasteiger partial charge in [0.15, 0.2) is 11.5 Å². The van der Waals surface area contributed by atoms with Crippen LogP contribution in [0.15, 0.2) is 72.8 Å². The lowest BCUT2D eigenvalue weighted by Crippen LogP contribution is -2.29. The molecule has 3 unspecified atom stereocenters. The number of fused-ring (bicyclic) bond motifs is 3. The van der Waals surface area contributed by atoms with E-state index in [2.05, 4.69) is 78.1 Å². The monoisotopic (exact) mass is 471 g/mol. The van der Waals surface area contributed by atoms with E-state index in [1.807, 2.05) is 0 Å². The third-order valence-electron chi connectivity index (χ3n) is 7.11. The average molecular weight is 472 g/mol. The van der Waals surface area contributed by atoms with Crippen molar-refractivity contribution in [3.63, 3.8) is 0 Å². The first-order chi connectivity index (χ1) is 17.2. The van der Waals surface area contributed by atoms with Gasteiger partial charge in [0.25, 0.3) is 0 Å². The van der Waals surface area contributed by atoms with Crippen molar-refractivity contribution in [2.45, 2.75) is 31.2 Å². The van der Waals surface area contributed by atoms with Gasteiger partial charge in [0, 0.05) is 5.92 Å². The first-order valence-electron chi connectivity index (χ1n) is 12.3. The number of allylic oxidation sites excluding steroid dienone is 2. The van der Waals surface area contributed by atoms with E-state index in [0.717, 1.165) is 36.3 Å². The lowest BCUT2D eigenvalue weighted by atomic mass is 9.77. The standard InChI is InChI=1S/C30H33NO4/c1-32-26-18-21(19-27(33-2)30(26)34-3)28-23-14-7-13-22(23)24-15-8-16-25(29(24)31-28)35-17-9-12-20-10-5-4-6-11-20/h4-8,10-11,13,15-16,18-19,22-23,28,31H,9,12,14,17H2,1-3H3. The second kappa shape index (κ2) is 10.3. The molecular weight excluding hydrogens is 438 g/mol. The number of hydrogen-bond donors (Lipinski definition) is 1. The Morgan fingerprint density at radius 1 is 0.857 bits per heavy atom. The summed E-state index contributed by atoms with van der Waals surface area (Å²) in [6.07, 6.45) is 7.63. The van der Waals surface area contributed by atoms with Gasteiger partial charge in [-0.3, -0.25) is 0 Å². The predicted molar refractivity (Wildman–Crippen MR) is 139 cm³/mol. The van der Waals surface area contributed by atoms with E-state index in [0.29, 0.717) is 35.7 Å². The first kappa shape index (κ1) is 23.2. The third kappa shape index (κ3) is 4.55. The van der Waals surface area contributed by atoms with Crippen LogP contribution < -0.4 is 24.3 Å². The molecule has 0 saturated carbocycles. The summed E-state index contributed by atoms with van der Waals surface area (Å²) in [5, 5.41) is 3.84. The van der Waals surface area contributed by atoms with Crippen LogP contribution in [0.3, 0.4) is 0 Å². The van der Waals surface area contributed by atoms with Crippen LogP contribution in [-0.2, 0) is 6.42 Å². The van der Waals surface area contributed by atoms with E-state index in [4.69, 9.17) is 18.9 Å². The SMILES string of the molecule is COc1cc(C2Nc3c(OCCCc4ccccc4)cccc3C3C=CCC32)cc(OC)c1OC. The lowest BCUT2D eigenvalue weighted by molar-refractivity contribution is 0.309. The van der Waals surface area contributed by atoms with Gasteiger partial charge in [0.05, 0.1) is 39.7 Å². The van der Waals surface area contributed by atoms with Crippen molar-refractivity contribution in [3.8, 4) is 23.0 Å². The van der Waals surface area contributed by atoms with E-state index in [9.17, 15) is 0 Å². The molecule has 5 rings (SSSR count). The molecule has 0 saturated heterocycles. The lowest BCUT2D eigenvalue weighted by Gasteiger charge is -2.38. The zero-order valence-electron chi connectivity index (χ0n) is 20.6. The Morgan fingerprint density at radius 3 is 2.34 bits per heavy atom. The maximum atomic E-state index is 6.33. The van der Waals surface area contributed by atoms with Gasteiger partial charge in [-0.2, -0.15) is 0 Å². The minimum absolute atomic E-state index is 0.0882. The van der Waals surface area contributed by atoms with Gasteiger partial charge in [-0.1, -0.05) is 54.6 Å². The van der Waals surface area contributed by atoms with Crippen LogP contribution in [0.1, 0.15) is 41.5 Å². The van der Waals surface area contributed by atoms with Crippen molar-refractivity contribution in [1.82, 2.24) is 0 Å². The molecule has 0 spiro atoms. The quantitative estimate of drug-likeness (QED) is 0.283. The zero-order chi connectivity index (χ0) is 24.2. The van der Waals surface area contributed by atoms with Gasteiger partial charge in [0.2, 0.25) is 5.75 Å². The van der Waals surface area contributed by atoms with Crippen molar-refractivity contribution in [2.75, 3.05) is 33.3 Å². The molecule has 1 heterocycles. The summed E-state index contributed by atoms with van der Waals surface area (Å²) < 4.78 is 23.2. The maximum Gasteiger partial charge on any atom is 0.203 e. The van der Waals surface area contributed by atoms with Crippen LogP contribution >= 0.6 is 0 Å².